The van der Waals surface area contributed by atoms with Gasteiger partial charge in [-0.3, -0.25) is 19.9 Å². The lowest BCUT2D eigenvalue weighted by Crippen LogP contribution is -2.47. The summed E-state index contributed by atoms with van der Waals surface area (Å²) in [5, 5.41) is 26.4. The molecule has 0 spiro atoms. The fourth-order valence-corrected chi connectivity index (χ4v) is 5.52. The molecule has 5 rings (SSSR count). The quantitative estimate of drug-likeness (QED) is 0.344. The molecule has 1 aliphatic heterocycles. The van der Waals surface area contributed by atoms with Crippen LogP contribution in [0.2, 0.25) is 0 Å². The van der Waals surface area contributed by atoms with E-state index in [0.29, 0.717) is 10.8 Å². The van der Waals surface area contributed by atoms with Crippen LogP contribution in [-0.2, 0) is 6.54 Å². The summed E-state index contributed by atoms with van der Waals surface area (Å²) in [7, 11) is 0. The van der Waals surface area contributed by atoms with Gasteiger partial charge in [0.05, 0.1) is 15.8 Å². The van der Waals surface area contributed by atoms with Crippen LogP contribution in [0, 0.1) is 17.0 Å². The maximum Gasteiger partial charge on any atom is 0.269 e. The first-order valence-electron chi connectivity index (χ1n) is 10.8. The number of hydrogen-bond donors (Lipinski definition) is 1. The van der Waals surface area contributed by atoms with E-state index in [1.54, 1.807) is 19.1 Å². The molecular formula is C23H24N6O3S. The van der Waals surface area contributed by atoms with Crippen molar-refractivity contribution in [1.29, 1.82) is 0 Å². The molecule has 0 aliphatic carbocycles. The van der Waals surface area contributed by atoms with Crippen molar-refractivity contribution in [1.82, 2.24) is 24.4 Å². The lowest BCUT2D eigenvalue weighted by Gasteiger charge is -2.39. The molecule has 0 amide bonds. The van der Waals surface area contributed by atoms with Crippen LogP contribution in [0.15, 0.2) is 54.6 Å². The first-order chi connectivity index (χ1) is 16.0. The first kappa shape index (κ1) is 21.5. The van der Waals surface area contributed by atoms with Gasteiger partial charge in [-0.25, -0.2) is 4.98 Å². The number of thiazole rings is 1. The Balaban J connectivity index is 1.43. The summed E-state index contributed by atoms with van der Waals surface area (Å²) in [5.74, 6) is 0.676. The lowest BCUT2D eigenvalue weighted by molar-refractivity contribution is -0.384. The summed E-state index contributed by atoms with van der Waals surface area (Å²) < 4.78 is 1.47. The van der Waals surface area contributed by atoms with Crippen LogP contribution in [0.4, 0.5) is 5.69 Å². The van der Waals surface area contributed by atoms with Gasteiger partial charge >= 0.3 is 0 Å². The summed E-state index contributed by atoms with van der Waals surface area (Å²) in [5.41, 5.74) is 2.23. The van der Waals surface area contributed by atoms with Gasteiger partial charge in [-0.2, -0.15) is 4.52 Å². The lowest BCUT2D eigenvalue weighted by atomic mass is 10.0. The van der Waals surface area contributed by atoms with E-state index >= 15 is 0 Å². The molecule has 2 aromatic heterocycles. The monoisotopic (exact) mass is 464 g/mol. The number of piperazine rings is 1. The molecule has 0 bridgehead atoms. The number of nitro benzene ring substituents is 1. The van der Waals surface area contributed by atoms with Crippen LogP contribution < -0.4 is 0 Å². The van der Waals surface area contributed by atoms with Crippen molar-refractivity contribution in [2.75, 3.05) is 26.2 Å². The highest BCUT2D eigenvalue weighted by atomic mass is 32.1. The number of hydrogen-bond acceptors (Lipinski definition) is 8. The van der Waals surface area contributed by atoms with E-state index in [0.717, 1.165) is 43.2 Å². The Morgan fingerprint density at radius 1 is 1.09 bits per heavy atom. The largest absolute Gasteiger partial charge is 0.492 e. The number of fused-ring (bicyclic) bond motifs is 1. The highest BCUT2D eigenvalue weighted by Crippen LogP contribution is 2.40. The number of aromatic nitrogens is 3. The molecule has 1 fully saturated rings. The van der Waals surface area contributed by atoms with E-state index in [1.807, 2.05) is 6.07 Å². The molecule has 1 aliphatic rings. The molecule has 1 N–H and O–H groups in total. The molecule has 1 saturated heterocycles. The fraction of sp³-hybridized carbons (Fsp3) is 0.304. The Hall–Kier alpha value is -3.34. The van der Waals surface area contributed by atoms with Crippen molar-refractivity contribution in [3.8, 4) is 5.88 Å². The summed E-state index contributed by atoms with van der Waals surface area (Å²) in [4.78, 5) is 21.3. The van der Waals surface area contributed by atoms with E-state index < -0.39 is 4.92 Å². The van der Waals surface area contributed by atoms with Crippen molar-refractivity contribution in [3.05, 3.63) is 86.5 Å². The number of benzene rings is 2. The molecule has 0 unspecified atom stereocenters. The Bertz CT molecular complexity index is 1260. The SMILES string of the molecule is Cc1nc2sc([C@@H](c3ccc([N+](=O)[O-])cc3)N3CCN(Cc4ccccc4)CC3)c(O)n2n1. The number of nitro groups is 1. The van der Waals surface area contributed by atoms with Gasteiger partial charge in [0.25, 0.3) is 5.69 Å². The van der Waals surface area contributed by atoms with E-state index in [1.165, 1.54) is 33.5 Å². The second kappa shape index (κ2) is 8.89. The Labute approximate surface area is 194 Å². The number of aryl methyl sites for hydroxylation is 1. The average Bonchev–Trinajstić information content (AvgIpc) is 3.33. The van der Waals surface area contributed by atoms with E-state index in [9.17, 15) is 15.2 Å². The second-order valence-corrected chi connectivity index (χ2v) is 9.20. The standard InChI is InChI=1S/C23H24N6O3S/c1-16-24-23-28(25-16)22(30)21(33-23)20(18-7-9-19(10-8-18)29(31)32)27-13-11-26(12-14-27)15-17-5-3-2-4-6-17/h2-10,20,30H,11-15H2,1H3/t20-/m1/s1. The molecular weight excluding hydrogens is 440 g/mol. The smallest absolute Gasteiger partial charge is 0.269 e. The van der Waals surface area contributed by atoms with Gasteiger partial charge in [0.2, 0.25) is 10.8 Å². The Kier molecular flexibility index (Phi) is 5.79. The number of non-ortho nitro benzene ring substituents is 1. The molecule has 9 nitrogen and oxygen atoms in total. The van der Waals surface area contributed by atoms with Crippen molar-refractivity contribution in [3.63, 3.8) is 0 Å². The minimum Gasteiger partial charge on any atom is -0.492 e. The highest BCUT2D eigenvalue weighted by molar-refractivity contribution is 7.17. The van der Waals surface area contributed by atoms with Gasteiger partial charge in [0.15, 0.2) is 0 Å². The van der Waals surface area contributed by atoms with E-state index in [4.69, 9.17) is 0 Å². The van der Waals surface area contributed by atoms with Crippen molar-refractivity contribution in [2.45, 2.75) is 19.5 Å². The molecule has 33 heavy (non-hydrogen) atoms. The maximum atomic E-state index is 11.1. The first-order valence-corrected chi connectivity index (χ1v) is 11.6. The molecule has 1 atom stereocenters. The van der Waals surface area contributed by atoms with Gasteiger partial charge in [-0.15, -0.1) is 5.10 Å². The van der Waals surface area contributed by atoms with Crippen LogP contribution in [0.5, 0.6) is 5.88 Å². The van der Waals surface area contributed by atoms with Gasteiger partial charge in [0.1, 0.15) is 5.82 Å². The third-order valence-corrected chi connectivity index (χ3v) is 7.07. The maximum absolute atomic E-state index is 11.1. The third kappa shape index (κ3) is 4.32. The Morgan fingerprint density at radius 3 is 2.42 bits per heavy atom. The molecule has 0 radical (unpaired) electrons. The average molecular weight is 465 g/mol. The minimum absolute atomic E-state index is 0.0488. The van der Waals surface area contributed by atoms with Gasteiger partial charge in [-0.05, 0) is 18.1 Å². The second-order valence-electron chi connectivity index (χ2n) is 8.19. The van der Waals surface area contributed by atoms with Gasteiger partial charge in [0, 0.05) is 44.9 Å². The highest BCUT2D eigenvalue weighted by Gasteiger charge is 2.32. The molecule has 2 aromatic carbocycles. The number of nitrogens with zero attached hydrogens (tertiary/aromatic N) is 6. The van der Waals surface area contributed by atoms with Crippen molar-refractivity contribution < 1.29 is 10.0 Å². The third-order valence-electron chi connectivity index (χ3n) is 5.99. The molecule has 3 heterocycles. The number of rotatable bonds is 6. The summed E-state index contributed by atoms with van der Waals surface area (Å²) in [6.07, 6.45) is 0. The normalized spacial score (nSPS) is 16.3. The summed E-state index contributed by atoms with van der Waals surface area (Å²) >= 11 is 1.41. The topological polar surface area (TPSA) is 100 Å². The predicted molar refractivity (Wildman–Crippen MR) is 125 cm³/mol. The number of aromatic hydroxyl groups is 1. The molecule has 0 saturated carbocycles. The van der Waals surface area contributed by atoms with E-state index in [-0.39, 0.29) is 17.6 Å². The Morgan fingerprint density at radius 2 is 1.79 bits per heavy atom. The fourth-order valence-electron chi connectivity index (χ4n) is 4.35. The predicted octanol–water partition coefficient (Wildman–Crippen LogP) is 3.62. The van der Waals surface area contributed by atoms with Crippen LogP contribution in [0.25, 0.3) is 4.96 Å². The van der Waals surface area contributed by atoms with Gasteiger partial charge in [-0.1, -0.05) is 53.8 Å². The molecule has 170 valence electrons. The summed E-state index contributed by atoms with van der Waals surface area (Å²) in [6, 6.07) is 16.8. The molecule has 4 aromatic rings. The van der Waals surface area contributed by atoms with Crippen molar-refractivity contribution in [2.24, 2.45) is 0 Å². The van der Waals surface area contributed by atoms with Crippen LogP contribution in [-0.4, -0.2) is 60.6 Å². The van der Waals surface area contributed by atoms with Crippen LogP contribution >= 0.6 is 11.3 Å². The summed E-state index contributed by atoms with van der Waals surface area (Å²) in [6.45, 7) is 6.08. The zero-order chi connectivity index (χ0) is 22.9. The van der Waals surface area contributed by atoms with E-state index in [2.05, 4.69) is 44.1 Å². The zero-order valence-electron chi connectivity index (χ0n) is 18.2. The van der Waals surface area contributed by atoms with Crippen molar-refractivity contribution >= 4 is 22.0 Å². The van der Waals surface area contributed by atoms with Crippen LogP contribution in [0.3, 0.4) is 0 Å². The van der Waals surface area contributed by atoms with Gasteiger partial charge < -0.3 is 5.11 Å². The van der Waals surface area contributed by atoms with Crippen LogP contribution in [0.1, 0.15) is 27.9 Å². The minimum atomic E-state index is -0.398. The molecule has 10 heteroatoms. The zero-order valence-corrected chi connectivity index (χ0v) is 19.0.